The molecule has 1 atom stereocenters. The quantitative estimate of drug-likeness (QED) is 0.805. The monoisotopic (exact) mass is 351 g/mol. The summed E-state index contributed by atoms with van der Waals surface area (Å²) in [6.07, 6.45) is 2.25. The molecule has 1 unspecified atom stereocenters. The number of carbonyl (C=O) groups is 3. The van der Waals surface area contributed by atoms with Crippen LogP contribution in [0.5, 0.6) is 0 Å². The highest BCUT2D eigenvalue weighted by atomic mass is 32.1. The Hall–Kier alpha value is -1.93. The van der Waals surface area contributed by atoms with E-state index in [4.69, 9.17) is 0 Å². The molecule has 2 saturated heterocycles. The number of methoxy groups -OCH3 is 1. The molecule has 2 amide bonds. The van der Waals surface area contributed by atoms with Crippen molar-refractivity contribution in [1.82, 2.24) is 15.1 Å². The summed E-state index contributed by atoms with van der Waals surface area (Å²) in [7, 11) is 1.29. The molecule has 2 fully saturated rings. The molecule has 24 heavy (non-hydrogen) atoms. The number of rotatable bonds is 4. The standard InChI is InChI=1S/C16H21N3O4S/c1-23-15(21)10-18-7-8-19(9-14(18)20)16(22)13-5-4-12(24-13)11-3-2-6-17-11/h4-5,11,17H,2-3,6-10H2,1H3. The normalized spacial score (nSPS) is 21.2. The molecular formula is C16H21N3O4S. The van der Waals surface area contributed by atoms with Gasteiger partial charge in [-0.3, -0.25) is 14.4 Å². The maximum atomic E-state index is 12.6. The molecule has 3 rings (SSSR count). The maximum absolute atomic E-state index is 12.6. The van der Waals surface area contributed by atoms with Gasteiger partial charge in [-0.2, -0.15) is 0 Å². The summed E-state index contributed by atoms with van der Waals surface area (Å²) in [6.45, 7) is 1.74. The summed E-state index contributed by atoms with van der Waals surface area (Å²) in [5.41, 5.74) is 0. The Balaban J connectivity index is 1.60. The van der Waals surface area contributed by atoms with E-state index in [9.17, 15) is 14.4 Å². The minimum absolute atomic E-state index is 0.00470. The van der Waals surface area contributed by atoms with Gasteiger partial charge in [-0.05, 0) is 31.5 Å². The molecule has 1 N–H and O–H groups in total. The van der Waals surface area contributed by atoms with Crippen molar-refractivity contribution < 1.29 is 19.1 Å². The number of hydrogen-bond donors (Lipinski definition) is 1. The van der Waals surface area contributed by atoms with Crippen molar-refractivity contribution in [3.05, 3.63) is 21.9 Å². The van der Waals surface area contributed by atoms with Crippen LogP contribution in [0.4, 0.5) is 0 Å². The molecule has 1 aromatic heterocycles. The average Bonchev–Trinajstić information content (AvgIpc) is 3.26. The van der Waals surface area contributed by atoms with Crippen LogP contribution in [0.1, 0.15) is 33.4 Å². The van der Waals surface area contributed by atoms with Crippen LogP contribution < -0.4 is 5.32 Å². The molecule has 130 valence electrons. The van der Waals surface area contributed by atoms with Gasteiger partial charge in [-0.25, -0.2) is 0 Å². The molecule has 3 heterocycles. The van der Waals surface area contributed by atoms with Crippen LogP contribution in [0, 0.1) is 0 Å². The first-order chi connectivity index (χ1) is 11.6. The molecule has 0 aromatic carbocycles. The highest BCUT2D eigenvalue weighted by Gasteiger charge is 2.30. The minimum Gasteiger partial charge on any atom is -0.468 e. The predicted molar refractivity (Wildman–Crippen MR) is 88.8 cm³/mol. The summed E-state index contributed by atoms with van der Waals surface area (Å²) in [4.78, 5) is 40.8. The summed E-state index contributed by atoms with van der Waals surface area (Å²) >= 11 is 1.50. The number of amides is 2. The van der Waals surface area contributed by atoms with E-state index in [2.05, 4.69) is 10.1 Å². The molecule has 0 aliphatic carbocycles. The van der Waals surface area contributed by atoms with Crippen LogP contribution >= 0.6 is 11.3 Å². The lowest BCUT2D eigenvalue weighted by atomic mass is 10.2. The first-order valence-corrected chi connectivity index (χ1v) is 8.87. The second-order valence-electron chi connectivity index (χ2n) is 5.97. The van der Waals surface area contributed by atoms with Gasteiger partial charge in [0, 0.05) is 24.0 Å². The molecule has 0 spiro atoms. The molecule has 7 nitrogen and oxygen atoms in total. The average molecular weight is 351 g/mol. The highest BCUT2D eigenvalue weighted by molar-refractivity contribution is 7.14. The number of piperazine rings is 1. The van der Waals surface area contributed by atoms with Crippen molar-refractivity contribution in [3.8, 4) is 0 Å². The van der Waals surface area contributed by atoms with E-state index < -0.39 is 5.97 Å². The number of thiophene rings is 1. The summed E-state index contributed by atoms with van der Waals surface area (Å²) in [6, 6.07) is 4.18. The third-order valence-electron chi connectivity index (χ3n) is 4.39. The zero-order valence-corrected chi connectivity index (χ0v) is 14.4. The van der Waals surface area contributed by atoms with E-state index in [0.717, 1.165) is 19.4 Å². The zero-order chi connectivity index (χ0) is 17.1. The van der Waals surface area contributed by atoms with E-state index in [1.807, 2.05) is 12.1 Å². The second-order valence-corrected chi connectivity index (χ2v) is 7.08. The Morgan fingerprint density at radius 2 is 2.21 bits per heavy atom. The van der Waals surface area contributed by atoms with Gasteiger partial charge in [0.1, 0.15) is 13.1 Å². The van der Waals surface area contributed by atoms with Crippen LogP contribution in [0.15, 0.2) is 12.1 Å². The second kappa shape index (κ2) is 7.31. The van der Waals surface area contributed by atoms with Crippen LogP contribution in [0.3, 0.4) is 0 Å². The minimum atomic E-state index is -0.449. The number of nitrogens with zero attached hydrogens (tertiary/aromatic N) is 2. The van der Waals surface area contributed by atoms with Crippen LogP contribution in [-0.4, -0.2) is 67.4 Å². The zero-order valence-electron chi connectivity index (χ0n) is 13.6. The number of carbonyl (C=O) groups excluding carboxylic acids is 3. The molecule has 0 radical (unpaired) electrons. The van der Waals surface area contributed by atoms with E-state index in [1.54, 1.807) is 4.90 Å². The fourth-order valence-electron chi connectivity index (χ4n) is 3.01. The van der Waals surface area contributed by atoms with Crippen molar-refractivity contribution in [1.29, 1.82) is 0 Å². The summed E-state index contributed by atoms with van der Waals surface area (Å²) in [5.74, 6) is -0.792. The van der Waals surface area contributed by atoms with Gasteiger partial charge >= 0.3 is 5.97 Å². The van der Waals surface area contributed by atoms with E-state index >= 15 is 0 Å². The molecule has 2 aliphatic heterocycles. The van der Waals surface area contributed by atoms with E-state index in [1.165, 1.54) is 28.2 Å². The van der Waals surface area contributed by atoms with Crippen LogP contribution in [0.25, 0.3) is 0 Å². The highest BCUT2D eigenvalue weighted by Crippen LogP contribution is 2.30. The van der Waals surface area contributed by atoms with Gasteiger partial charge in [-0.15, -0.1) is 11.3 Å². The van der Waals surface area contributed by atoms with Gasteiger partial charge in [0.15, 0.2) is 0 Å². The maximum Gasteiger partial charge on any atom is 0.325 e. The van der Waals surface area contributed by atoms with Gasteiger partial charge in [0.05, 0.1) is 12.0 Å². The van der Waals surface area contributed by atoms with Crippen molar-refractivity contribution in [2.24, 2.45) is 0 Å². The van der Waals surface area contributed by atoms with E-state index in [-0.39, 0.29) is 24.9 Å². The Bertz CT molecular complexity index is 639. The SMILES string of the molecule is COC(=O)CN1CCN(C(=O)c2ccc(C3CCCN3)s2)CC1=O. The van der Waals surface area contributed by atoms with Crippen molar-refractivity contribution >= 4 is 29.1 Å². The third-order valence-corrected chi connectivity index (χ3v) is 5.58. The fraction of sp³-hybridized carbons (Fsp3) is 0.562. The topological polar surface area (TPSA) is 79.0 Å². The molecule has 2 aliphatic rings. The van der Waals surface area contributed by atoms with Crippen LogP contribution in [-0.2, 0) is 14.3 Å². The molecule has 0 saturated carbocycles. The van der Waals surface area contributed by atoms with Gasteiger partial charge in [-0.1, -0.05) is 0 Å². The molecule has 0 bridgehead atoms. The van der Waals surface area contributed by atoms with Crippen molar-refractivity contribution in [2.45, 2.75) is 18.9 Å². The third kappa shape index (κ3) is 3.59. The lowest BCUT2D eigenvalue weighted by Crippen LogP contribution is -2.53. The Morgan fingerprint density at radius 3 is 2.88 bits per heavy atom. The van der Waals surface area contributed by atoms with Gasteiger partial charge in [0.2, 0.25) is 5.91 Å². The first kappa shape index (κ1) is 16.9. The van der Waals surface area contributed by atoms with Crippen LogP contribution in [0.2, 0.25) is 0 Å². The Kier molecular flexibility index (Phi) is 5.15. The van der Waals surface area contributed by atoms with Gasteiger partial charge in [0.25, 0.3) is 5.91 Å². The lowest BCUT2D eigenvalue weighted by molar-refractivity contribution is -0.148. The van der Waals surface area contributed by atoms with Crippen molar-refractivity contribution in [3.63, 3.8) is 0 Å². The number of hydrogen-bond acceptors (Lipinski definition) is 6. The molecule has 8 heteroatoms. The summed E-state index contributed by atoms with van der Waals surface area (Å²) < 4.78 is 4.58. The van der Waals surface area contributed by atoms with Gasteiger partial charge < -0.3 is 19.9 Å². The fourth-order valence-corrected chi connectivity index (χ4v) is 4.09. The molecular weight excluding hydrogens is 330 g/mol. The Morgan fingerprint density at radius 1 is 1.38 bits per heavy atom. The smallest absolute Gasteiger partial charge is 0.325 e. The predicted octanol–water partition coefficient (Wildman–Crippen LogP) is 0.630. The first-order valence-electron chi connectivity index (χ1n) is 8.05. The molecule has 1 aromatic rings. The number of nitrogens with one attached hydrogen (secondary N) is 1. The lowest BCUT2D eigenvalue weighted by Gasteiger charge is -2.33. The van der Waals surface area contributed by atoms with E-state index in [0.29, 0.717) is 24.0 Å². The summed E-state index contributed by atoms with van der Waals surface area (Å²) in [5, 5.41) is 3.42. The number of esters is 1. The Labute approximate surface area is 144 Å². The number of ether oxygens (including phenoxy) is 1. The largest absolute Gasteiger partial charge is 0.468 e. The van der Waals surface area contributed by atoms with Crippen molar-refractivity contribution in [2.75, 3.05) is 39.8 Å².